The molecule has 0 bridgehead atoms. The molecule has 1 N–H and O–H groups in total. The second-order valence-corrected chi connectivity index (χ2v) is 10.2. The summed E-state index contributed by atoms with van der Waals surface area (Å²) in [5.41, 5.74) is 1.37. The van der Waals surface area contributed by atoms with Crippen molar-refractivity contribution in [1.82, 2.24) is 0 Å². The summed E-state index contributed by atoms with van der Waals surface area (Å²) in [5, 5.41) is 9.02. The van der Waals surface area contributed by atoms with Crippen LogP contribution in [-0.4, -0.2) is 18.3 Å². The van der Waals surface area contributed by atoms with E-state index in [2.05, 4.69) is 34.6 Å². The van der Waals surface area contributed by atoms with Crippen LogP contribution in [-0.2, 0) is 14.5 Å². The van der Waals surface area contributed by atoms with Crippen LogP contribution < -0.4 is 9.05 Å². The maximum atomic E-state index is 13.0. The Labute approximate surface area is 168 Å². The third-order valence-corrected chi connectivity index (χ3v) is 5.49. The predicted octanol–water partition coefficient (Wildman–Crippen LogP) is 5.98. The highest BCUT2D eigenvalue weighted by molar-refractivity contribution is 7.49. The molecule has 5 nitrogen and oxygen atoms in total. The number of benzene rings is 2. The number of para-hydroxylation sites is 1. The molecular formula is C22H31O5P. The minimum atomic E-state index is -3.93. The molecule has 6 heteroatoms. The first-order valence-electron chi connectivity index (χ1n) is 9.43. The van der Waals surface area contributed by atoms with Gasteiger partial charge in [-0.3, -0.25) is 4.52 Å². The molecule has 0 amide bonds. The van der Waals surface area contributed by atoms with Crippen molar-refractivity contribution in [1.29, 1.82) is 0 Å². The number of phosphoric ester groups is 1. The molecule has 154 valence electrons. The quantitative estimate of drug-likeness (QED) is 0.519. The molecule has 0 radical (unpaired) electrons. The molecule has 0 aliphatic heterocycles. The number of aliphatic hydroxyl groups is 1. The van der Waals surface area contributed by atoms with Gasteiger partial charge < -0.3 is 14.2 Å². The van der Waals surface area contributed by atoms with Crippen molar-refractivity contribution in [3.63, 3.8) is 0 Å². The fraction of sp³-hybridized carbons (Fsp3) is 0.455. The highest BCUT2D eigenvalue weighted by Gasteiger charge is 2.31. The van der Waals surface area contributed by atoms with Gasteiger partial charge in [-0.1, -0.05) is 65.0 Å². The van der Waals surface area contributed by atoms with E-state index >= 15 is 0 Å². The van der Waals surface area contributed by atoms with Gasteiger partial charge in [0.15, 0.2) is 0 Å². The topological polar surface area (TPSA) is 65.0 Å². The standard InChI is InChI=1S/C22H31O5P/c1-21(2,3)17-22(4,5)18-11-13-20(14-12-18)27-28(24,25-16-15-23)26-19-9-7-6-8-10-19/h6-14,23H,15-17H2,1-5H3. The summed E-state index contributed by atoms with van der Waals surface area (Å²) in [5.74, 6) is 0.749. The van der Waals surface area contributed by atoms with Crippen molar-refractivity contribution in [3.8, 4) is 11.5 Å². The van der Waals surface area contributed by atoms with Crippen LogP contribution in [0.25, 0.3) is 0 Å². The Kier molecular flexibility index (Phi) is 7.33. The minimum absolute atomic E-state index is 0.00555. The molecule has 0 saturated heterocycles. The van der Waals surface area contributed by atoms with Crippen LogP contribution in [0.1, 0.15) is 46.6 Å². The second-order valence-electron chi connectivity index (χ2n) is 8.65. The number of phosphoric acid groups is 1. The summed E-state index contributed by atoms with van der Waals surface area (Å²) in [6.07, 6.45) is 1.02. The van der Waals surface area contributed by atoms with Gasteiger partial charge in [-0.25, -0.2) is 4.57 Å². The van der Waals surface area contributed by atoms with Gasteiger partial charge in [0.2, 0.25) is 0 Å². The molecule has 0 saturated carbocycles. The third kappa shape index (κ3) is 6.97. The summed E-state index contributed by atoms with van der Waals surface area (Å²) >= 11 is 0. The molecule has 1 atom stereocenters. The van der Waals surface area contributed by atoms with E-state index in [4.69, 9.17) is 18.7 Å². The van der Waals surface area contributed by atoms with Crippen molar-refractivity contribution >= 4 is 7.82 Å². The number of rotatable bonds is 9. The average molecular weight is 406 g/mol. The summed E-state index contributed by atoms with van der Waals surface area (Å²) in [4.78, 5) is 0. The van der Waals surface area contributed by atoms with Gasteiger partial charge in [0.05, 0.1) is 13.2 Å². The maximum Gasteiger partial charge on any atom is 0.587 e. The average Bonchev–Trinajstić information content (AvgIpc) is 2.59. The van der Waals surface area contributed by atoms with Gasteiger partial charge in [-0.2, -0.15) is 0 Å². The fourth-order valence-corrected chi connectivity index (χ4v) is 4.57. The first kappa shape index (κ1) is 22.5. The SMILES string of the molecule is CC(C)(C)CC(C)(C)c1ccc(OP(=O)(OCCO)Oc2ccccc2)cc1. The van der Waals surface area contributed by atoms with Gasteiger partial charge in [0, 0.05) is 0 Å². The van der Waals surface area contributed by atoms with Crippen LogP contribution in [0.2, 0.25) is 0 Å². The van der Waals surface area contributed by atoms with Crippen molar-refractivity contribution in [2.45, 2.75) is 46.5 Å². The molecule has 0 heterocycles. The van der Waals surface area contributed by atoms with E-state index in [9.17, 15) is 4.57 Å². The normalized spacial score (nSPS) is 14.4. The summed E-state index contributed by atoms with van der Waals surface area (Å²) in [6, 6.07) is 16.2. The first-order valence-corrected chi connectivity index (χ1v) is 10.9. The fourth-order valence-electron chi connectivity index (χ4n) is 3.36. The van der Waals surface area contributed by atoms with Crippen LogP contribution in [0.3, 0.4) is 0 Å². The lowest BCUT2D eigenvalue weighted by Gasteiger charge is -2.33. The first-order chi connectivity index (χ1) is 13.0. The lowest BCUT2D eigenvalue weighted by Crippen LogP contribution is -2.24. The Balaban J connectivity index is 2.17. The van der Waals surface area contributed by atoms with Gasteiger partial charge >= 0.3 is 7.82 Å². The van der Waals surface area contributed by atoms with Gasteiger partial charge in [0.25, 0.3) is 0 Å². The summed E-state index contributed by atoms with van der Waals surface area (Å²) < 4.78 is 29.3. The minimum Gasteiger partial charge on any atom is -0.395 e. The predicted molar refractivity (Wildman–Crippen MR) is 112 cm³/mol. The van der Waals surface area contributed by atoms with Crippen LogP contribution in [0.15, 0.2) is 54.6 Å². The molecule has 0 aliphatic rings. The third-order valence-electron chi connectivity index (χ3n) is 4.13. The highest BCUT2D eigenvalue weighted by Crippen LogP contribution is 2.49. The lowest BCUT2D eigenvalue weighted by atomic mass is 9.72. The van der Waals surface area contributed by atoms with E-state index in [0.29, 0.717) is 11.5 Å². The molecule has 0 fully saturated rings. The van der Waals surface area contributed by atoms with Gasteiger partial charge in [-0.15, -0.1) is 0 Å². The van der Waals surface area contributed by atoms with Crippen molar-refractivity contribution in [2.24, 2.45) is 5.41 Å². The van der Waals surface area contributed by atoms with E-state index in [-0.39, 0.29) is 24.0 Å². The summed E-state index contributed by atoms with van der Waals surface area (Å²) in [6.45, 7) is 10.7. The number of aliphatic hydroxyl groups excluding tert-OH is 1. The Morgan fingerprint density at radius 3 is 1.89 bits per heavy atom. The van der Waals surface area contributed by atoms with E-state index < -0.39 is 7.82 Å². The van der Waals surface area contributed by atoms with Crippen LogP contribution in [0.4, 0.5) is 0 Å². The molecule has 0 aromatic heterocycles. The smallest absolute Gasteiger partial charge is 0.395 e. The molecule has 0 aliphatic carbocycles. The highest BCUT2D eigenvalue weighted by atomic mass is 31.2. The zero-order valence-electron chi connectivity index (χ0n) is 17.3. The van der Waals surface area contributed by atoms with E-state index in [0.717, 1.165) is 6.42 Å². The molecule has 1 unspecified atom stereocenters. The molecule has 2 aromatic carbocycles. The molecule has 28 heavy (non-hydrogen) atoms. The van der Waals surface area contributed by atoms with E-state index in [1.165, 1.54) is 5.56 Å². The Morgan fingerprint density at radius 2 is 1.39 bits per heavy atom. The zero-order valence-corrected chi connectivity index (χ0v) is 18.2. The van der Waals surface area contributed by atoms with Gasteiger partial charge in [0.1, 0.15) is 11.5 Å². The van der Waals surface area contributed by atoms with Crippen molar-refractivity contribution in [3.05, 3.63) is 60.2 Å². The Hall–Kier alpha value is -1.81. The van der Waals surface area contributed by atoms with Crippen LogP contribution >= 0.6 is 7.82 Å². The summed E-state index contributed by atoms with van der Waals surface area (Å²) in [7, 11) is -3.93. The van der Waals surface area contributed by atoms with Crippen LogP contribution in [0, 0.1) is 5.41 Å². The maximum absolute atomic E-state index is 13.0. The Morgan fingerprint density at radius 1 is 0.857 bits per heavy atom. The zero-order chi connectivity index (χ0) is 20.8. The lowest BCUT2D eigenvalue weighted by molar-refractivity contribution is 0.159. The van der Waals surface area contributed by atoms with Crippen molar-refractivity contribution < 1.29 is 23.2 Å². The van der Waals surface area contributed by atoms with E-state index in [1.807, 2.05) is 18.2 Å². The van der Waals surface area contributed by atoms with Crippen LogP contribution in [0.5, 0.6) is 11.5 Å². The number of hydrogen-bond acceptors (Lipinski definition) is 5. The van der Waals surface area contributed by atoms with Gasteiger partial charge in [-0.05, 0) is 47.1 Å². The Bertz CT molecular complexity index is 779. The van der Waals surface area contributed by atoms with E-state index in [1.54, 1.807) is 36.4 Å². The molecule has 2 aromatic rings. The molecular weight excluding hydrogens is 375 g/mol. The largest absolute Gasteiger partial charge is 0.587 e. The molecule has 0 spiro atoms. The molecule has 2 rings (SSSR count). The second kappa shape index (κ2) is 9.13. The monoisotopic (exact) mass is 406 g/mol. The number of hydrogen-bond donors (Lipinski definition) is 1. The van der Waals surface area contributed by atoms with Crippen molar-refractivity contribution in [2.75, 3.05) is 13.2 Å².